The molecule has 2 fully saturated rings. The molecule has 2 nitrogen and oxygen atoms in total. The highest BCUT2D eigenvalue weighted by atomic mass is 35.5. The molecule has 1 aromatic heterocycles. The number of aromatic nitrogens is 2. The van der Waals surface area contributed by atoms with Crippen molar-refractivity contribution >= 4 is 35.1 Å². The summed E-state index contributed by atoms with van der Waals surface area (Å²) < 4.78 is 0. The zero-order valence-electron chi connectivity index (χ0n) is 11.3. The molecule has 0 bridgehead atoms. The van der Waals surface area contributed by atoms with Gasteiger partial charge in [0.05, 0.1) is 16.8 Å². The van der Waals surface area contributed by atoms with Crippen molar-refractivity contribution in [3.05, 3.63) is 23.3 Å². The van der Waals surface area contributed by atoms with Crippen LogP contribution in [0.4, 0.5) is 0 Å². The lowest BCUT2D eigenvalue weighted by Gasteiger charge is -2.30. The van der Waals surface area contributed by atoms with Gasteiger partial charge >= 0.3 is 0 Å². The van der Waals surface area contributed by atoms with Gasteiger partial charge in [0.25, 0.3) is 0 Å². The summed E-state index contributed by atoms with van der Waals surface area (Å²) in [5.41, 5.74) is 2.35. The maximum atomic E-state index is 6.00. The third kappa shape index (κ3) is 3.06. The molecule has 5 heteroatoms. The fraction of sp³-hybridized carbons (Fsp3) is 0.714. The Morgan fingerprint density at radius 2 is 2.11 bits per heavy atom. The van der Waals surface area contributed by atoms with Crippen LogP contribution in [0.15, 0.2) is 6.20 Å². The number of hydrogen-bond acceptors (Lipinski definition) is 4. The molecule has 1 aliphatic carbocycles. The molecule has 19 heavy (non-hydrogen) atoms. The molecule has 0 N–H and O–H groups in total. The molecule has 2 aliphatic rings. The zero-order chi connectivity index (χ0) is 13.4. The van der Waals surface area contributed by atoms with Crippen LogP contribution in [0, 0.1) is 0 Å². The SMILES string of the molecule is CC1SCC(c2ncc(CCl)c(C3CC3)n2)SC1C. The predicted molar refractivity (Wildman–Crippen MR) is 85.3 cm³/mol. The van der Waals surface area contributed by atoms with Crippen LogP contribution in [-0.2, 0) is 5.88 Å². The summed E-state index contributed by atoms with van der Waals surface area (Å²) in [5.74, 6) is 3.33. The van der Waals surface area contributed by atoms with Crippen molar-refractivity contribution in [3.63, 3.8) is 0 Å². The molecule has 1 saturated heterocycles. The highest BCUT2D eigenvalue weighted by Gasteiger charge is 2.32. The monoisotopic (exact) mass is 314 g/mol. The van der Waals surface area contributed by atoms with E-state index < -0.39 is 0 Å². The molecule has 104 valence electrons. The molecular weight excluding hydrogens is 296 g/mol. The smallest absolute Gasteiger partial charge is 0.142 e. The Morgan fingerprint density at radius 1 is 1.32 bits per heavy atom. The minimum Gasteiger partial charge on any atom is -0.240 e. The first-order valence-electron chi connectivity index (χ1n) is 6.87. The molecule has 3 atom stereocenters. The molecule has 3 unspecified atom stereocenters. The molecule has 1 aliphatic heterocycles. The van der Waals surface area contributed by atoms with Crippen molar-refractivity contribution in [3.8, 4) is 0 Å². The molecular formula is C14H19ClN2S2. The Balaban J connectivity index is 1.83. The summed E-state index contributed by atoms with van der Waals surface area (Å²) in [4.78, 5) is 9.43. The van der Waals surface area contributed by atoms with E-state index in [0.717, 1.165) is 22.4 Å². The maximum Gasteiger partial charge on any atom is 0.142 e. The van der Waals surface area contributed by atoms with E-state index in [-0.39, 0.29) is 0 Å². The lowest BCUT2D eigenvalue weighted by atomic mass is 10.2. The highest BCUT2D eigenvalue weighted by Crippen LogP contribution is 2.45. The molecule has 1 aromatic rings. The summed E-state index contributed by atoms with van der Waals surface area (Å²) in [5, 5.41) is 1.84. The van der Waals surface area contributed by atoms with Crippen LogP contribution < -0.4 is 0 Å². The van der Waals surface area contributed by atoms with Gasteiger partial charge in [-0.05, 0) is 12.8 Å². The van der Waals surface area contributed by atoms with Crippen molar-refractivity contribution < 1.29 is 0 Å². The van der Waals surface area contributed by atoms with Crippen molar-refractivity contribution in [2.45, 2.75) is 54.2 Å². The summed E-state index contributed by atoms with van der Waals surface area (Å²) in [6.45, 7) is 4.62. The van der Waals surface area contributed by atoms with E-state index in [9.17, 15) is 0 Å². The van der Waals surface area contributed by atoms with Gasteiger partial charge in [0, 0.05) is 33.9 Å². The second-order valence-corrected chi connectivity index (χ2v) is 8.68. The van der Waals surface area contributed by atoms with Crippen molar-refractivity contribution in [1.82, 2.24) is 9.97 Å². The Bertz CT molecular complexity index is 465. The van der Waals surface area contributed by atoms with Crippen LogP contribution in [0.2, 0.25) is 0 Å². The van der Waals surface area contributed by atoms with E-state index in [2.05, 4.69) is 18.8 Å². The van der Waals surface area contributed by atoms with Gasteiger partial charge in [-0.15, -0.1) is 23.4 Å². The average molecular weight is 315 g/mol. The van der Waals surface area contributed by atoms with Crippen LogP contribution in [0.1, 0.15) is 54.9 Å². The van der Waals surface area contributed by atoms with Gasteiger partial charge in [-0.2, -0.15) is 11.8 Å². The summed E-state index contributed by atoms with van der Waals surface area (Å²) >= 11 is 10.1. The minimum absolute atomic E-state index is 0.443. The molecule has 0 spiro atoms. The van der Waals surface area contributed by atoms with Crippen molar-refractivity contribution in [1.29, 1.82) is 0 Å². The zero-order valence-corrected chi connectivity index (χ0v) is 13.7. The third-order valence-corrected chi connectivity index (χ3v) is 7.54. The lowest BCUT2D eigenvalue weighted by Crippen LogP contribution is -2.23. The van der Waals surface area contributed by atoms with Gasteiger partial charge in [0.15, 0.2) is 0 Å². The fourth-order valence-electron chi connectivity index (χ4n) is 2.32. The topological polar surface area (TPSA) is 25.8 Å². The van der Waals surface area contributed by atoms with E-state index in [0.29, 0.717) is 22.3 Å². The fourth-order valence-corrected chi connectivity index (χ4v) is 5.38. The number of rotatable bonds is 3. The van der Waals surface area contributed by atoms with Crippen LogP contribution in [0.5, 0.6) is 0 Å². The van der Waals surface area contributed by atoms with E-state index in [1.54, 1.807) is 0 Å². The number of nitrogens with zero attached hydrogens (tertiary/aromatic N) is 2. The van der Waals surface area contributed by atoms with E-state index in [1.807, 2.05) is 29.7 Å². The third-order valence-electron chi connectivity index (χ3n) is 3.86. The standard InChI is InChI=1S/C14H19ClN2S2/c1-8-9(2)19-12(7-18-8)14-16-6-11(5-15)13(17-14)10-3-4-10/h6,8-10,12H,3-5,7H2,1-2H3. The Hall–Kier alpha value is 0.0700. The number of thioether (sulfide) groups is 2. The first-order valence-corrected chi connectivity index (χ1v) is 9.40. The Kier molecular flexibility index (Phi) is 4.30. The minimum atomic E-state index is 0.443. The first-order chi connectivity index (χ1) is 9.19. The maximum absolute atomic E-state index is 6.00. The Morgan fingerprint density at radius 3 is 2.74 bits per heavy atom. The van der Waals surface area contributed by atoms with Gasteiger partial charge in [-0.1, -0.05) is 13.8 Å². The van der Waals surface area contributed by atoms with Crippen LogP contribution in [0.3, 0.4) is 0 Å². The largest absolute Gasteiger partial charge is 0.240 e. The van der Waals surface area contributed by atoms with Gasteiger partial charge in [0.1, 0.15) is 5.82 Å². The second-order valence-electron chi connectivity index (χ2n) is 5.41. The predicted octanol–water partition coefficient (Wildman–Crippen LogP) is 4.39. The van der Waals surface area contributed by atoms with Crippen LogP contribution >= 0.6 is 35.1 Å². The second kappa shape index (κ2) is 5.82. The van der Waals surface area contributed by atoms with Gasteiger partial charge < -0.3 is 0 Å². The molecule has 0 aromatic carbocycles. The summed E-state index contributed by atoms with van der Waals surface area (Å²) in [6.07, 6.45) is 4.48. The average Bonchev–Trinajstić information content (AvgIpc) is 3.25. The van der Waals surface area contributed by atoms with Crippen molar-refractivity contribution in [2.75, 3.05) is 5.75 Å². The highest BCUT2D eigenvalue weighted by molar-refractivity contribution is 8.07. The molecule has 1 saturated carbocycles. The number of halogens is 1. The molecule has 3 rings (SSSR count). The van der Waals surface area contributed by atoms with Gasteiger partial charge in [-0.3, -0.25) is 0 Å². The van der Waals surface area contributed by atoms with E-state index in [1.165, 1.54) is 18.5 Å². The van der Waals surface area contributed by atoms with Gasteiger partial charge in [0.2, 0.25) is 0 Å². The molecule has 0 radical (unpaired) electrons. The Labute approximate surface area is 128 Å². The van der Waals surface area contributed by atoms with Crippen LogP contribution in [0.25, 0.3) is 0 Å². The summed E-state index contributed by atoms with van der Waals surface area (Å²) in [6, 6.07) is 0. The molecule has 0 amide bonds. The quantitative estimate of drug-likeness (QED) is 0.773. The lowest BCUT2D eigenvalue weighted by molar-refractivity contribution is 0.829. The van der Waals surface area contributed by atoms with Crippen molar-refractivity contribution in [2.24, 2.45) is 0 Å². The van der Waals surface area contributed by atoms with E-state index >= 15 is 0 Å². The number of alkyl halides is 1. The van der Waals surface area contributed by atoms with Crippen LogP contribution in [-0.4, -0.2) is 26.2 Å². The van der Waals surface area contributed by atoms with Gasteiger partial charge in [-0.25, -0.2) is 9.97 Å². The molecule has 2 heterocycles. The summed E-state index contributed by atoms with van der Waals surface area (Å²) in [7, 11) is 0. The van der Waals surface area contributed by atoms with E-state index in [4.69, 9.17) is 16.6 Å². The normalized spacial score (nSPS) is 31.4. The number of hydrogen-bond donors (Lipinski definition) is 0. The first kappa shape index (κ1) is 14.0.